The zero-order valence-corrected chi connectivity index (χ0v) is 18.1. The van der Waals surface area contributed by atoms with Crippen molar-refractivity contribution in [3.05, 3.63) is 59.2 Å². The Bertz CT molecular complexity index is 1150. The molecule has 4 aromatic rings. The fourth-order valence-corrected chi connectivity index (χ4v) is 4.73. The molecule has 0 radical (unpaired) electrons. The molecule has 150 valence electrons. The number of carbonyl (C=O) groups excluding carboxylic acids is 1. The van der Waals surface area contributed by atoms with Gasteiger partial charge < -0.3 is 9.88 Å². The molecule has 2 aromatic heterocycles. The van der Waals surface area contributed by atoms with Crippen LogP contribution in [0.5, 0.6) is 0 Å². The number of carbonyl (C=O) groups is 1. The third-order valence-electron chi connectivity index (χ3n) is 5.17. The minimum Gasteiger partial charge on any atom is -0.360 e. The first-order valence-electron chi connectivity index (χ1n) is 9.77. The Labute approximate surface area is 178 Å². The number of nitrogens with one attached hydrogen (secondary N) is 1. The van der Waals surface area contributed by atoms with Gasteiger partial charge in [0.05, 0.1) is 15.8 Å². The minimum absolute atomic E-state index is 0.0419. The maximum Gasteiger partial charge on any atom is 0.262 e. The number of hydrogen-bond acceptors (Lipinski definition) is 4. The van der Waals surface area contributed by atoms with Gasteiger partial charge >= 0.3 is 0 Å². The fourth-order valence-electron chi connectivity index (χ4n) is 3.46. The van der Waals surface area contributed by atoms with Gasteiger partial charge in [-0.25, -0.2) is 4.98 Å². The van der Waals surface area contributed by atoms with E-state index in [0.717, 1.165) is 40.8 Å². The zero-order chi connectivity index (χ0) is 20.4. The van der Waals surface area contributed by atoms with Crippen LogP contribution < -0.4 is 4.90 Å². The summed E-state index contributed by atoms with van der Waals surface area (Å²) in [5.74, 6) is -0.0419. The Morgan fingerprint density at radius 2 is 1.93 bits per heavy atom. The molecule has 0 bridgehead atoms. The molecule has 2 heterocycles. The first-order chi connectivity index (χ1) is 14.1. The maximum absolute atomic E-state index is 13.6. The van der Waals surface area contributed by atoms with Gasteiger partial charge in [0.1, 0.15) is 0 Å². The Hall–Kier alpha value is -2.41. The van der Waals surface area contributed by atoms with Crippen LogP contribution in [-0.4, -0.2) is 47.0 Å². The molecule has 0 aliphatic heterocycles. The second-order valence-corrected chi connectivity index (χ2v) is 8.29. The second kappa shape index (κ2) is 8.53. The van der Waals surface area contributed by atoms with Crippen molar-refractivity contribution in [3.8, 4) is 0 Å². The number of nitrogens with zero attached hydrogens (tertiary/aromatic N) is 3. The Morgan fingerprint density at radius 3 is 2.72 bits per heavy atom. The quantitative estimate of drug-likeness (QED) is 0.429. The van der Waals surface area contributed by atoms with Crippen molar-refractivity contribution in [2.45, 2.75) is 13.8 Å². The summed E-state index contributed by atoms with van der Waals surface area (Å²) in [6, 6.07) is 13.5. The fraction of sp³-hybridized carbons (Fsp3) is 0.273. The number of H-pyrrole nitrogens is 1. The van der Waals surface area contributed by atoms with Gasteiger partial charge in [-0.2, -0.15) is 0 Å². The summed E-state index contributed by atoms with van der Waals surface area (Å²) in [5.41, 5.74) is 2.47. The summed E-state index contributed by atoms with van der Waals surface area (Å²) in [6.07, 6.45) is 1.79. The molecular weight excluding hydrogens is 404 g/mol. The van der Waals surface area contributed by atoms with Crippen LogP contribution in [0, 0.1) is 0 Å². The van der Waals surface area contributed by atoms with E-state index in [-0.39, 0.29) is 5.91 Å². The minimum atomic E-state index is -0.0419. The predicted molar refractivity (Wildman–Crippen MR) is 122 cm³/mol. The highest BCUT2D eigenvalue weighted by Gasteiger charge is 2.24. The molecule has 7 heteroatoms. The maximum atomic E-state index is 13.6. The molecule has 1 amide bonds. The number of halogens is 1. The van der Waals surface area contributed by atoms with Crippen LogP contribution >= 0.6 is 22.9 Å². The van der Waals surface area contributed by atoms with E-state index in [1.54, 1.807) is 11.1 Å². The van der Waals surface area contributed by atoms with Crippen LogP contribution in [0.15, 0.2) is 48.7 Å². The van der Waals surface area contributed by atoms with E-state index in [0.29, 0.717) is 22.3 Å². The zero-order valence-electron chi connectivity index (χ0n) is 16.5. The smallest absolute Gasteiger partial charge is 0.262 e. The number of benzene rings is 2. The topological polar surface area (TPSA) is 52.2 Å². The average Bonchev–Trinajstić information content (AvgIpc) is 3.34. The third-order valence-corrected chi connectivity index (χ3v) is 6.45. The van der Waals surface area contributed by atoms with Gasteiger partial charge in [0.15, 0.2) is 5.13 Å². The number of aromatic amines is 1. The van der Waals surface area contributed by atoms with E-state index in [2.05, 4.69) is 23.7 Å². The molecule has 0 fully saturated rings. The predicted octanol–water partition coefficient (Wildman–Crippen LogP) is 5.42. The van der Waals surface area contributed by atoms with Crippen molar-refractivity contribution < 1.29 is 4.79 Å². The molecule has 29 heavy (non-hydrogen) atoms. The lowest BCUT2D eigenvalue weighted by Gasteiger charge is -2.24. The molecule has 0 saturated heterocycles. The van der Waals surface area contributed by atoms with E-state index in [4.69, 9.17) is 16.6 Å². The highest BCUT2D eigenvalue weighted by atomic mass is 35.5. The van der Waals surface area contributed by atoms with Gasteiger partial charge in [-0.1, -0.05) is 55.0 Å². The Kier molecular flexibility index (Phi) is 5.85. The largest absolute Gasteiger partial charge is 0.360 e. The number of aromatic nitrogens is 2. The lowest BCUT2D eigenvalue weighted by Crippen LogP contribution is -2.38. The molecule has 4 rings (SSSR count). The molecule has 0 spiro atoms. The van der Waals surface area contributed by atoms with Gasteiger partial charge in [0.2, 0.25) is 0 Å². The summed E-state index contributed by atoms with van der Waals surface area (Å²) < 4.78 is 0.979. The Balaban J connectivity index is 1.73. The SMILES string of the molecule is CCN(CC)CCN(C(=O)c1c[nH]c2ccccc12)c1nc2ccc(Cl)cc2s1. The van der Waals surface area contributed by atoms with Crippen LogP contribution in [0.25, 0.3) is 21.1 Å². The van der Waals surface area contributed by atoms with Crippen molar-refractivity contribution in [2.75, 3.05) is 31.1 Å². The number of hydrogen-bond donors (Lipinski definition) is 1. The molecular formula is C22H23ClN4OS. The van der Waals surface area contributed by atoms with Crippen LogP contribution in [0.3, 0.4) is 0 Å². The lowest BCUT2D eigenvalue weighted by atomic mass is 10.1. The highest BCUT2D eigenvalue weighted by molar-refractivity contribution is 7.22. The standard InChI is InChI=1S/C22H23ClN4OS/c1-3-26(4-2)11-12-27(22-25-19-10-9-15(23)13-20(19)29-22)21(28)17-14-24-18-8-6-5-7-16(17)18/h5-10,13-14,24H,3-4,11-12H2,1-2H3. The molecule has 0 aliphatic rings. The molecule has 5 nitrogen and oxygen atoms in total. The monoisotopic (exact) mass is 426 g/mol. The van der Waals surface area contributed by atoms with E-state index >= 15 is 0 Å². The van der Waals surface area contributed by atoms with Crippen molar-refractivity contribution >= 4 is 55.1 Å². The molecule has 0 saturated carbocycles. The number of amides is 1. The number of anilines is 1. The third kappa shape index (κ3) is 4.01. The van der Waals surface area contributed by atoms with Crippen molar-refractivity contribution in [2.24, 2.45) is 0 Å². The molecule has 0 unspecified atom stereocenters. The summed E-state index contributed by atoms with van der Waals surface area (Å²) in [7, 11) is 0. The van der Waals surface area contributed by atoms with Gasteiger partial charge in [0.25, 0.3) is 5.91 Å². The number of likely N-dealkylation sites (N-methyl/N-ethyl adjacent to an activating group) is 1. The van der Waals surface area contributed by atoms with Crippen LogP contribution in [0.4, 0.5) is 5.13 Å². The van der Waals surface area contributed by atoms with E-state index in [9.17, 15) is 4.79 Å². The first kappa shape index (κ1) is 19.9. The molecule has 0 aliphatic carbocycles. The summed E-state index contributed by atoms with van der Waals surface area (Å²) in [4.78, 5) is 25.6. The lowest BCUT2D eigenvalue weighted by molar-refractivity contribution is 0.0985. The van der Waals surface area contributed by atoms with Gasteiger partial charge in [-0.3, -0.25) is 9.69 Å². The Morgan fingerprint density at radius 1 is 1.14 bits per heavy atom. The normalized spacial score (nSPS) is 11.6. The van der Waals surface area contributed by atoms with Crippen molar-refractivity contribution in [3.63, 3.8) is 0 Å². The van der Waals surface area contributed by atoms with Crippen LogP contribution in [0.2, 0.25) is 5.02 Å². The summed E-state index contributed by atoms with van der Waals surface area (Å²) >= 11 is 7.64. The summed E-state index contributed by atoms with van der Waals surface area (Å²) in [5, 5.41) is 2.30. The van der Waals surface area contributed by atoms with Crippen molar-refractivity contribution in [1.82, 2.24) is 14.9 Å². The van der Waals surface area contributed by atoms with Crippen molar-refractivity contribution in [1.29, 1.82) is 0 Å². The van der Waals surface area contributed by atoms with E-state index in [1.807, 2.05) is 42.5 Å². The highest BCUT2D eigenvalue weighted by Crippen LogP contribution is 2.32. The number of rotatable bonds is 7. The average molecular weight is 427 g/mol. The molecule has 1 N–H and O–H groups in total. The van der Waals surface area contributed by atoms with Gasteiger partial charge in [-0.05, 0) is 37.4 Å². The van der Waals surface area contributed by atoms with Crippen LogP contribution in [0.1, 0.15) is 24.2 Å². The number of thiazole rings is 1. The van der Waals surface area contributed by atoms with Gasteiger partial charge in [0, 0.05) is 35.2 Å². The summed E-state index contributed by atoms with van der Waals surface area (Å²) in [6.45, 7) is 7.53. The van der Waals surface area contributed by atoms with E-state index in [1.165, 1.54) is 11.3 Å². The second-order valence-electron chi connectivity index (χ2n) is 6.84. The molecule has 2 aromatic carbocycles. The number of fused-ring (bicyclic) bond motifs is 2. The molecule has 0 atom stereocenters. The first-order valence-corrected chi connectivity index (χ1v) is 11.0. The number of para-hydroxylation sites is 1. The van der Waals surface area contributed by atoms with Gasteiger partial charge in [-0.15, -0.1) is 0 Å². The van der Waals surface area contributed by atoms with Crippen LogP contribution in [-0.2, 0) is 0 Å². The van der Waals surface area contributed by atoms with E-state index < -0.39 is 0 Å².